The van der Waals surface area contributed by atoms with Crippen molar-refractivity contribution >= 4 is 26.7 Å². The van der Waals surface area contributed by atoms with Crippen LogP contribution in [0.3, 0.4) is 0 Å². The number of hydrogen-bond donors (Lipinski definition) is 1. The Morgan fingerprint density at radius 3 is 2.96 bits per heavy atom. The quantitative estimate of drug-likeness (QED) is 0.728. The van der Waals surface area contributed by atoms with E-state index in [0.29, 0.717) is 37.1 Å². The predicted octanol–water partition coefficient (Wildman–Crippen LogP) is 1.79. The third-order valence-electron chi connectivity index (χ3n) is 4.50. The van der Waals surface area contributed by atoms with Crippen molar-refractivity contribution in [1.82, 2.24) is 19.9 Å². The van der Waals surface area contributed by atoms with Crippen molar-refractivity contribution in [2.24, 2.45) is 0 Å². The average molecular weight is 387 g/mol. The number of fused-ring (bicyclic) bond motifs is 1. The Bertz CT molecular complexity index is 1080. The Kier molecular flexibility index (Phi) is 4.56. The number of sulfone groups is 1. The molecule has 1 N–H and O–H groups in total. The molecule has 0 spiro atoms. The maximum absolute atomic E-state index is 11.8. The number of nitrogens with one attached hydrogen (secondary N) is 1. The Morgan fingerprint density at radius 1 is 1.33 bits per heavy atom. The Balaban J connectivity index is 1.81. The number of ether oxygens (including phenoxy) is 1. The SMILES string of the molecule is C[C@H]1COCCN1c1cc(CS(C)(=O)=O)nc(-c2cnc3[nH]ccc3c2)n1. The highest BCUT2D eigenvalue weighted by Crippen LogP contribution is 2.25. The van der Waals surface area contributed by atoms with E-state index in [2.05, 4.69) is 26.8 Å². The molecule has 1 atom stereocenters. The van der Waals surface area contributed by atoms with Gasteiger partial charge in [0.15, 0.2) is 15.7 Å². The summed E-state index contributed by atoms with van der Waals surface area (Å²) in [6.45, 7) is 3.98. The van der Waals surface area contributed by atoms with Crippen molar-refractivity contribution < 1.29 is 13.2 Å². The van der Waals surface area contributed by atoms with Crippen LogP contribution in [-0.4, -0.2) is 60.4 Å². The molecule has 142 valence electrons. The number of hydrogen-bond acceptors (Lipinski definition) is 7. The fourth-order valence-electron chi connectivity index (χ4n) is 3.23. The smallest absolute Gasteiger partial charge is 0.163 e. The number of aromatic amines is 1. The topological polar surface area (TPSA) is 101 Å². The van der Waals surface area contributed by atoms with Gasteiger partial charge in [-0.25, -0.2) is 23.4 Å². The van der Waals surface area contributed by atoms with E-state index in [1.807, 2.05) is 18.3 Å². The van der Waals surface area contributed by atoms with Crippen LogP contribution in [0.25, 0.3) is 22.4 Å². The van der Waals surface area contributed by atoms with Crippen molar-refractivity contribution in [1.29, 1.82) is 0 Å². The monoisotopic (exact) mass is 387 g/mol. The summed E-state index contributed by atoms with van der Waals surface area (Å²) in [7, 11) is -3.22. The van der Waals surface area contributed by atoms with Gasteiger partial charge in [0.05, 0.1) is 30.7 Å². The van der Waals surface area contributed by atoms with Crippen LogP contribution in [0.4, 0.5) is 5.82 Å². The van der Waals surface area contributed by atoms with E-state index in [1.54, 1.807) is 12.3 Å². The minimum absolute atomic E-state index is 0.131. The normalized spacial score (nSPS) is 18.1. The third-order valence-corrected chi connectivity index (χ3v) is 5.32. The van der Waals surface area contributed by atoms with E-state index in [1.165, 1.54) is 6.26 Å². The van der Waals surface area contributed by atoms with E-state index in [4.69, 9.17) is 9.72 Å². The molecule has 4 rings (SSSR count). The van der Waals surface area contributed by atoms with Gasteiger partial charge in [0.25, 0.3) is 0 Å². The van der Waals surface area contributed by atoms with Crippen LogP contribution < -0.4 is 4.90 Å². The molecule has 3 aromatic heterocycles. The number of nitrogens with zero attached hydrogens (tertiary/aromatic N) is 4. The highest BCUT2D eigenvalue weighted by Gasteiger charge is 2.22. The fraction of sp³-hybridized carbons (Fsp3) is 0.389. The van der Waals surface area contributed by atoms with Gasteiger partial charge in [-0.1, -0.05) is 0 Å². The summed E-state index contributed by atoms with van der Waals surface area (Å²) in [5.41, 5.74) is 2.01. The van der Waals surface area contributed by atoms with Crippen LogP contribution >= 0.6 is 0 Å². The Morgan fingerprint density at radius 2 is 2.19 bits per heavy atom. The zero-order chi connectivity index (χ0) is 19.0. The lowest BCUT2D eigenvalue weighted by Crippen LogP contribution is -2.44. The zero-order valence-corrected chi connectivity index (χ0v) is 16.0. The lowest BCUT2D eigenvalue weighted by atomic mass is 10.2. The molecular weight excluding hydrogens is 366 g/mol. The molecule has 1 fully saturated rings. The molecule has 0 unspecified atom stereocenters. The third kappa shape index (κ3) is 3.93. The molecule has 0 amide bonds. The molecule has 1 saturated heterocycles. The molecule has 8 nitrogen and oxygen atoms in total. The van der Waals surface area contributed by atoms with Gasteiger partial charge >= 0.3 is 0 Å². The van der Waals surface area contributed by atoms with E-state index in [9.17, 15) is 8.42 Å². The van der Waals surface area contributed by atoms with E-state index >= 15 is 0 Å². The maximum Gasteiger partial charge on any atom is 0.163 e. The van der Waals surface area contributed by atoms with Crippen molar-refractivity contribution in [3.63, 3.8) is 0 Å². The van der Waals surface area contributed by atoms with Gasteiger partial charge in [0, 0.05) is 42.2 Å². The van der Waals surface area contributed by atoms with Crippen LogP contribution in [0.5, 0.6) is 0 Å². The Hall–Kier alpha value is -2.52. The molecule has 3 aromatic rings. The van der Waals surface area contributed by atoms with Crippen molar-refractivity contribution in [3.05, 3.63) is 36.3 Å². The first-order chi connectivity index (χ1) is 12.9. The van der Waals surface area contributed by atoms with E-state index < -0.39 is 9.84 Å². The zero-order valence-electron chi connectivity index (χ0n) is 15.2. The van der Waals surface area contributed by atoms with Gasteiger partial charge < -0.3 is 14.6 Å². The number of aromatic nitrogens is 4. The summed E-state index contributed by atoms with van der Waals surface area (Å²) >= 11 is 0. The number of morpholine rings is 1. The number of pyridine rings is 1. The summed E-state index contributed by atoms with van der Waals surface area (Å²) in [5, 5.41) is 0.950. The predicted molar refractivity (Wildman–Crippen MR) is 103 cm³/mol. The van der Waals surface area contributed by atoms with E-state index in [0.717, 1.165) is 16.6 Å². The maximum atomic E-state index is 11.8. The number of rotatable bonds is 4. The summed E-state index contributed by atoms with van der Waals surface area (Å²) in [4.78, 5) is 18.8. The van der Waals surface area contributed by atoms with Gasteiger partial charge in [0.2, 0.25) is 0 Å². The van der Waals surface area contributed by atoms with Gasteiger partial charge in [0.1, 0.15) is 11.5 Å². The van der Waals surface area contributed by atoms with Crippen LogP contribution in [0.2, 0.25) is 0 Å². The first kappa shape index (κ1) is 17.9. The standard InChI is InChI=1S/C18H21N5O3S/c1-12-10-26-6-5-23(12)16-8-15(11-27(2,24)25)21-18(22-16)14-7-13-3-4-19-17(13)20-9-14/h3-4,7-9,12H,5-6,10-11H2,1-2H3,(H,19,20)/t12-/m0/s1. The van der Waals surface area contributed by atoms with Crippen LogP contribution in [0.15, 0.2) is 30.6 Å². The summed E-state index contributed by atoms with van der Waals surface area (Å²) in [6, 6.07) is 5.79. The summed E-state index contributed by atoms with van der Waals surface area (Å²) < 4.78 is 29.2. The Labute approximate surface area is 157 Å². The van der Waals surface area contributed by atoms with Gasteiger partial charge in [-0.3, -0.25) is 0 Å². The van der Waals surface area contributed by atoms with E-state index in [-0.39, 0.29) is 11.8 Å². The van der Waals surface area contributed by atoms with Gasteiger partial charge in [-0.05, 0) is 19.1 Å². The van der Waals surface area contributed by atoms with Crippen LogP contribution in [0.1, 0.15) is 12.6 Å². The lowest BCUT2D eigenvalue weighted by Gasteiger charge is -2.34. The minimum atomic E-state index is -3.22. The average Bonchev–Trinajstić information content (AvgIpc) is 3.08. The fourth-order valence-corrected chi connectivity index (χ4v) is 3.92. The highest BCUT2D eigenvalue weighted by molar-refractivity contribution is 7.89. The first-order valence-electron chi connectivity index (χ1n) is 8.73. The number of anilines is 1. The van der Waals surface area contributed by atoms with Crippen LogP contribution in [0, 0.1) is 0 Å². The highest BCUT2D eigenvalue weighted by atomic mass is 32.2. The van der Waals surface area contributed by atoms with Crippen molar-refractivity contribution in [3.8, 4) is 11.4 Å². The molecule has 0 radical (unpaired) electrons. The molecular formula is C18H21N5O3S. The lowest BCUT2D eigenvalue weighted by molar-refractivity contribution is 0.0985. The first-order valence-corrected chi connectivity index (χ1v) is 10.8. The molecule has 0 aliphatic carbocycles. The molecule has 0 aromatic carbocycles. The second-order valence-electron chi connectivity index (χ2n) is 6.87. The molecule has 0 bridgehead atoms. The molecule has 27 heavy (non-hydrogen) atoms. The molecule has 0 saturated carbocycles. The molecule has 9 heteroatoms. The van der Waals surface area contributed by atoms with Crippen molar-refractivity contribution in [2.45, 2.75) is 18.7 Å². The molecule has 1 aliphatic rings. The second-order valence-corrected chi connectivity index (χ2v) is 9.01. The van der Waals surface area contributed by atoms with Crippen molar-refractivity contribution in [2.75, 3.05) is 30.9 Å². The van der Waals surface area contributed by atoms with Crippen LogP contribution in [-0.2, 0) is 20.3 Å². The molecule has 4 heterocycles. The number of H-pyrrole nitrogens is 1. The molecule has 1 aliphatic heterocycles. The summed E-state index contributed by atoms with van der Waals surface area (Å²) in [6.07, 6.45) is 4.73. The van der Waals surface area contributed by atoms with Gasteiger partial charge in [-0.2, -0.15) is 0 Å². The summed E-state index contributed by atoms with van der Waals surface area (Å²) in [5.74, 6) is 1.05. The van der Waals surface area contributed by atoms with Gasteiger partial charge in [-0.15, -0.1) is 0 Å². The largest absolute Gasteiger partial charge is 0.377 e. The minimum Gasteiger partial charge on any atom is -0.377 e. The second kappa shape index (κ2) is 6.90.